The molecule has 0 aliphatic carbocycles. The van der Waals surface area contributed by atoms with Crippen LogP contribution in [0.5, 0.6) is 0 Å². The standard InChI is InChI=1S/C16H23NO3/c1-4-5-6-7-8-16-18-11-15(12-19-16,9-13(2)3)14(10-17)20-16/h13-14H,4-6,9,11-12H2,1-3H3. The summed E-state index contributed by atoms with van der Waals surface area (Å²) in [6.07, 6.45) is 3.28. The largest absolute Gasteiger partial charge is 0.354 e. The van der Waals surface area contributed by atoms with Crippen molar-refractivity contribution in [2.24, 2.45) is 11.3 Å². The minimum atomic E-state index is -1.31. The van der Waals surface area contributed by atoms with Crippen molar-refractivity contribution in [3.63, 3.8) is 0 Å². The Hall–Kier alpha value is -1.07. The Morgan fingerprint density at radius 2 is 2.00 bits per heavy atom. The van der Waals surface area contributed by atoms with Crippen LogP contribution in [0.1, 0.15) is 46.5 Å². The van der Waals surface area contributed by atoms with Gasteiger partial charge in [0.1, 0.15) is 0 Å². The molecule has 4 heteroatoms. The Morgan fingerprint density at radius 3 is 2.55 bits per heavy atom. The highest BCUT2D eigenvalue weighted by Crippen LogP contribution is 2.46. The van der Waals surface area contributed by atoms with Crippen LogP contribution in [0.25, 0.3) is 0 Å². The first kappa shape index (κ1) is 15.3. The molecule has 3 fully saturated rings. The number of fused-ring (bicyclic) bond motifs is 3. The second kappa shape index (κ2) is 6.14. The fourth-order valence-electron chi connectivity index (χ4n) is 2.80. The number of nitrogens with zero attached hydrogens (tertiary/aromatic N) is 1. The molecule has 0 aromatic heterocycles. The Kier molecular flexibility index (Phi) is 4.70. The summed E-state index contributed by atoms with van der Waals surface area (Å²) in [5, 5.41) is 9.38. The van der Waals surface area contributed by atoms with Gasteiger partial charge in [-0.15, -0.1) is 0 Å². The molecule has 3 heterocycles. The number of unbranched alkanes of at least 4 members (excludes halogenated alkanes) is 2. The minimum Gasteiger partial charge on any atom is -0.316 e. The summed E-state index contributed by atoms with van der Waals surface area (Å²) < 4.78 is 17.2. The average molecular weight is 277 g/mol. The lowest BCUT2D eigenvalue weighted by molar-refractivity contribution is -0.454. The second-order valence-corrected chi connectivity index (χ2v) is 6.13. The van der Waals surface area contributed by atoms with Gasteiger partial charge in [-0.3, -0.25) is 4.74 Å². The first-order valence-corrected chi connectivity index (χ1v) is 7.41. The zero-order valence-corrected chi connectivity index (χ0v) is 12.6. The van der Waals surface area contributed by atoms with E-state index < -0.39 is 12.1 Å². The molecule has 3 rings (SSSR count). The van der Waals surface area contributed by atoms with Crippen LogP contribution in [-0.4, -0.2) is 25.3 Å². The first-order chi connectivity index (χ1) is 9.56. The molecule has 3 saturated heterocycles. The molecule has 0 aromatic rings. The van der Waals surface area contributed by atoms with Crippen LogP contribution in [-0.2, 0) is 14.2 Å². The summed E-state index contributed by atoms with van der Waals surface area (Å²) in [4.78, 5) is 0. The molecule has 1 atom stereocenters. The molecule has 0 spiro atoms. The lowest BCUT2D eigenvalue weighted by Gasteiger charge is -2.52. The summed E-state index contributed by atoms with van der Waals surface area (Å²) >= 11 is 0. The van der Waals surface area contributed by atoms with Crippen LogP contribution >= 0.6 is 0 Å². The third kappa shape index (κ3) is 2.99. The monoisotopic (exact) mass is 277 g/mol. The van der Waals surface area contributed by atoms with E-state index in [-0.39, 0.29) is 5.41 Å². The smallest absolute Gasteiger partial charge is 0.316 e. The molecule has 1 unspecified atom stereocenters. The number of hydrogen-bond donors (Lipinski definition) is 0. The fourth-order valence-corrected chi connectivity index (χ4v) is 2.80. The highest BCUT2D eigenvalue weighted by Gasteiger charge is 2.58. The molecular formula is C16H23NO3. The maximum absolute atomic E-state index is 9.38. The van der Waals surface area contributed by atoms with Gasteiger partial charge in [0.2, 0.25) is 0 Å². The molecule has 2 bridgehead atoms. The topological polar surface area (TPSA) is 51.5 Å². The molecule has 0 radical (unpaired) electrons. The van der Waals surface area contributed by atoms with Gasteiger partial charge in [0.15, 0.2) is 6.10 Å². The molecule has 0 aromatic carbocycles. The number of rotatable bonds is 4. The van der Waals surface area contributed by atoms with Gasteiger partial charge in [-0.05, 0) is 24.7 Å². The van der Waals surface area contributed by atoms with E-state index in [0.717, 1.165) is 25.7 Å². The van der Waals surface area contributed by atoms with Crippen molar-refractivity contribution < 1.29 is 14.2 Å². The van der Waals surface area contributed by atoms with Crippen LogP contribution in [0.4, 0.5) is 0 Å². The molecule has 0 amide bonds. The Morgan fingerprint density at radius 1 is 1.30 bits per heavy atom. The van der Waals surface area contributed by atoms with Crippen molar-refractivity contribution in [3.8, 4) is 17.9 Å². The van der Waals surface area contributed by atoms with E-state index in [1.54, 1.807) is 0 Å². The molecule has 3 aliphatic heterocycles. The van der Waals surface area contributed by atoms with E-state index in [1.807, 2.05) is 0 Å². The summed E-state index contributed by atoms with van der Waals surface area (Å²) in [5.74, 6) is 5.11. The zero-order chi connectivity index (χ0) is 14.6. The van der Waals surface area contributed by atoms with Gasteiger partial charge in [0, 0.05) is 6.42 Å². The highest BCUT2D eigenvalue weighted by molar-refractivity contribution is 5.15. The van der Waals surface area contributed by atoms with E-state index in [2.05, 4.69) is 38.7 Å². The predicted molar refractivity (Wildman–Crippen MR) is 74.3 cm³/mol. The second-order valence-electron chi connectivity index (χ2n) is 6.13. The van der Waals surface area contributed by atoms with Gasteiger partial charge in [0.05, 0.1) is 24.7 Å². The van der Waals surface area contributed by atoms with E-state index in [4.69, 9.17) is 14.2 Å². The number of ether oxygens (including phenoxy) is 3. The fraction of sp³-hybridized carbons (Fsp3) is 0.812. The summed E-state index contributed by atoms with van der Waals surface area (Å²) in [6.45, 7) is 7.34. The van der Waals surface area contributed by atoms with E-state index in [0.29, 0.717) is 19.1 Å². The molecule has 3 aliphatic rings. The van der Waals surface area contributed by atoms with Crippen molar-refractivity contribution in [3.05, 3.63) is 0 Å². The van der Waals surface area contributed by atoms with Crippen LogP contribution < -0.4 is 0 Å². The molecular weight excluding hydrogens is 254 g/mol. The lowest BCUT2D eigenvalue weighted by Crippen LogP contribution is -2.64. The van der Waals surface area contributed by atoms with Crippen molar-refractivity contribution in [2.75, 3.05) is 13.2 Å². The summed E-state index contributed by atoms with van der Waals surface area (Å²) in [7, 11) is 0. The van der Waals surface area contributed by atoms with Crippen LogP contribution in [0.2, 0.25) is 0 Å². The SMILES string of the molecule is CCCCC#CC12OCC(CC(C)C)(CO1)C(C#N)O2. The van der Waals surface area contributed by atoms with Crippen LogP contribution in [0.3, 0.4) is 0 Å². The lowest BCUT2D eigenvalue weighted by atomic mass is 9.75. The first-order valence-electron chi connectivity index (χ1n) is 7.41. The number of hydrogen-bond acceptors (Lipinski definition) is 4. The summed E-state index contributed by atoms with van der Waals surface area (Å²) in [6, 6.07) is 2.26. The van der Waals surface area contributed by atoms with E-state index >= 15 is 0 Å². The molecule has 4 nitrogen and oxygen atoms in total. The van der Waals surface area contributed by atoms with Crippen molar-refractivity contribution in [1.82, 2.24) is 0 Å². The molecule has 110 valence electrons. The van der Waals surface area contributed by atoms with Gasteiger partial charge in [-0.2, -0.15) is 5.26 Å². The average Bonchev–Trinajstić information content (AvgIpc) is 2.44. The zero-order valence-electron chi connectivity index (χ0n) is 12.6. The highest BCUT2D eigenvalue weighted by atomic mass is 16.9. The Labute approximate surface area is 121 Å². The number of nitriles is 1. The van der Waals surface area contributed by atoms with Crippen molar-refractivity contribution >= 4 is 0 Å². The Balaban J connectivity index is 2.09. The third-order valence-electron chi connectivity index (χ3n) is 3.76. The molecule has 0 saturated carbocycles. The van der Waals surface area contributed by atoms with E-state index in [1.165, 1.54) is 0 Å². The third-order valence-corrected chi connectivity index (χ3v) is 3.76. The quantitative estimate of drug-likeness (QED) is 0.585. The van der Waals surface area contributed by atoms with Gasteiger partial charge in [-0.25, -0.2) is 0 Å². The Bertz CT molecular complexity index is 433. The predicted octanol–water partition coefficient (Wildman–Crippen LogP) is 2.84. The maximum atomic E-state index is 9.38. The van der Waals surface area contributed by atoms with Gasteiger partial charge < -0.3 is 9.47 Å². The van der Waals surface area contributed by atoms with Gasteiger partial charge in [0.25, 0.3) is 0 Å². The molecule has 20 heavy (non-hydrogen) atoms. The molecule has 0 N–H and O–H groups in total. The summed E-state index contributed by atoms with van der Waals surface area (Å²) in [5.41, 5.74) is -0.351. The van der Waals surface area contributed by atoms with E-state index in [9.17, 15) is 5.26 Å². The maximum Gasteiger partial charge on any atom is 0.354 e. The van der Waals surface area contributed by atoms with Gasteiger partial charge >= 0.3 is 5.97 Å². The van der Waals surface area contributed by atoms with Gasteiger partial charge in [-0.1, -0.05) is 33.1 Å². The minimum absolute atomic E-state index is 0.351. The normalized spacial score (nSPS) is 35.5. The van der Waals surface area contributed by atoms with Crippen LogP contribution in [0.15, 0.2) is 0 Å². The van der Waals surface area contributed by atoms with Crippen LogP contribution in [0, 0.1) is 34.5 Å². The van der Waals surface area contributed by atoms with Crippen molar-refractivity contribution in [2.45, 2.75) is 58.5 Å². The van der Waals surface area contributed by atoms with Crippen molar-refractivity contribution in [1.29, 1.82) is 5.26 Å².